The third-order valence-electron chi connectivity index (χ3n) is 3.09. The molecule has 0 heterocycles. The van der Waals surface area contributed by atoms with Gasteiger partial charge in [0.2, 0.25) is 0 Å². The van der Waals surface area contributed by atoms with Gasteiger partial charge in [0.25, 0.3) is 0 Å². The number of methoxy groups -OCH3 is 1. The molecule has 0 spiro atoms. The summed E-state index contributed by atoms with van der Waals surface area (Å²) >= 11 is 0. The zero-order valence-corrected chi connectivity index (χ0v) is 14.1. The standard InChI is InChI=1S/C16H35NO3/c1-14(2)12-16(13-17-15(3)4)6-7-19-10-11-20-9-8-18-5/h14-17H,6-13H2,1-5H3. The van der Waals surface area contributed by atoms with E-state index in [4.69, 9.17) is 14.2 Å². The van der Waals surface area contributed by atoms with E-state index >= 15 is 0 Å². The van der Waals surface area contributed by atoms with E-state index in [-0.39, 0.29) is 0 Å². The maximum atomic E-state index is 5.64. The fraction of sp³-hybridized carbons (Fsp3) is 1.00. The molecule has 0 amide bonds. The third kappa shape index (κ3) is 14.3. The Labute approximate surface area is 125 Å². The first kappa shape index (κ1) is 19.8. The minimum absolute atomic E-state index is 0.555. The number of ether oxygens (including phenoxy) is 3. The van der Waals surface area contributed by atoms with E-state index in [0.29, 0.717) is 38.4 Å². The van der Waals surface area contributed by atoms with Crippen molar-refractivity contribution in [1.29, 1.82) is 0 Å². The molecule has 0 aromatic rings. The van der Waals surface area contributed by atoms with Crippen molar-refractivity contribution < 1.29 is 14.2 Å². The van der Waals surface area contributed by atoms with Gasteiger partial charge in [-0.3, -0.25) is 0 Å². The van der Waals surface area contributed by atoms with E-state index in [1.54, 1.807) is 7.11 Å². The summed E-state index contributed by atoms with van der Waals surface area (Å²) in [7, 11) is 1.68. The van der Waals surface area contributed by atoms with E-state index in [1.807, 2.05) is 0 Å². The fourth-order valence-corrected chi connectivity index (χ4v) is 2.09. The van der Waals surface area contributed by atoms with Crippen LogP contribution in [0, 0.1) is 11.8 Å². The van der Waals surface area contributed by atoms with Gasteiger partial charge < -0.3 is 19.5 Å². The predicted octanol–water partition coefficient (Wildman–Crippen LogP) is 2.72. The molecule has 1 atom stereocenters. The van der Waals surface area contributed by atoms with Crippen molar-refractivity contribution in [3.05, 3.63) is 0 Å². The smallest absolute Gasteiger partial charge is 0.0701 e. The highest BCUT2D eigenvalue weighted by Crippen LogP contribution is 2.15. The molecule has 0 radical (unpaired) electrons. The van der Waals surface area contributed by atoms with Gasteiger partial charge in [-0.2, -0.15) is 0 Å². The average Bonchev–Trinajstić information content (AvgIpc) is 2.38. The second-order valence-corrected chi connectivity index (χ2v) is 6.06. The van der Waals surface area contributed by atoms with Crippen molar-refractivity contribution >= 4 is 0 Å². The number of hydrogen-bond donors (Lipinski definition) is 1. The molecule has 0 saturated heterocycles. The summed E-state index contributed by atoms with van der Waals surface area (Å²) in [5.41, 5.74) is 0. The van der Waals surface area contributed by atoms with Gasteiger partial charge in [-0.1, -0.05) is 27.7 Å². The quantitative estimate of drug-likeness (QED) is 0.499. The summed E-state index contributed by atoms with van der Waals surface area (Å²) in [6.07, 6.45) is 2.38. The van der Waals surface area contributed by atoms with Crippen molar-refractivity contribution in [2.24, 2.45) is 11.8 Å². The largest absolute Gasteiger partial charge is 0.382 e. The van der Waals surface area contributed by atoms with Crippen LogP contribution in [-0.4, -0.2) is 52.7 Å². The minimum Gasteiger partial charge on any atom is -0.382 e. The van der Waals surface area contributed by atoms with E-state index < -0.39 is 0 Å². The van der Waals surface area contributed by atoms with Crippen molar-refractivity contribution in [1.82, 2.24) is 5.32 Å². The first-order valence-electron chi connectivity index (χ1n) is 7.94. The second-order valence-electron chi connectivity index (χ2n) is 6.06. The van der Waals surface area contributed by atoms with Crippen LogP contribution >= 0.6 is 0 Å². The van der Waals surface area contributed by atoms with Crippen LogP contribution in [-0.2, 0) is 14.2 Å². The average molecular weight is 289 g/mol. The van der Waals surface area contributed by atoms with Gasteiger partial charge in [-0.15, -0.1) is 0 Å². The van der Waals surface area contributed by atoms with Crippen LogP contribution in [0.5, 0.6) is 0 Å². The molecule has 1 unspecified atom stereocenters. The van der Waals surface area contributed by atoms with E-state index in [1.165, 1.54) is 6.42 Å². The molecule has 20 heavy (non-hydrogen) atoms. The second kappa shape index (κ2) is 13.8. The van der Waals surface area contributed by atoms with E-state index in [2.05, 4.69) is 33.0 Å². The van der Waals surface area contributed by atoms with Crippen molar-refractivity contribution in [3.63, 3.8) is 0 Å². The SMILES string of the molecule is COCCOCCOCCC(CNC(C)C)CC(C)C. The lowest BCUT2D eigenvalue weighted by molar-refractivity contribution is 0.0213. The number of nitrogens with one attached hydrogen (secondary N) is 1. The minimum atomic E-state index is 0.555. The Balaban J connectivity index is 3.57. The Bertz CT molecular complexity index is 198. The van der Waals surface area contributed by atoms with Gasteiger partial charge in [0.1, 0.15) is 0 Å². The van der Waals surface area contributed by atoms with Gasteiger partial charge in [0.15, 0.2) is 0 Å². The highest BCUT2D eigenvalue weighted by Gasteiger charge is 2.11. The molecule has 4 heteroatoms. The maximum absolute atomic E-state index is 5.64. The topological polar surface area (TPSA) is 39.7 Å². The summed E-state index contributed by atoms with van der Waals surface area (Å²) in [6, 6.07) is 0.555. The van der Waals surface area contributed by atoms with Gasteiger partial charge >= 0.3 is 0 Å². The highest BCUT2D eigenvalue weighted by atomic mass is 16.5. The van der Waals surface area contributed by atoms with Crippen LogP contribution in [0.15, 0.2) is 0 Å². The first-order valence-corrected chi connectivity index (χ1v) is 7.94. The lowest BCUT2D eigenvalue weighted by atomic mass is 9.94. The van der Waals surface area contributed by atoms with Crippen LogP contribution < -0.4 is 5.32 Å². The first-order chi connectivity index (χ1) is 9.56. The molecule has 122 valence electrons. The highest BCUT2D eigenvalue weighted by molar-refractivity contribution is 4.66. The molecule has 4 nitrogen and oxygen atoms in total. The molecule has 0 rings (SSSR count). The molecule has 0 aliphatic heterocycles. The van der Waals surface area contributed by atoms with Crippen LogP contribution in [0.1, 0.15) is 40.5 Å². The third-order valence-corrected chi connectivity index (χ3v) is 3.09. The number of rotatable bonds is 14. The monoisotopic (exact) mass is 289 g/mol. The lowest BCUT2D eigenvalue weighted by Gasteiger charge is -2.21. The summed E-state index contributed by atoms with van der Waals surface area (Å²) in [4.78, 5) is 0. The lowest BCUT2D eigenvalue weighted by Crippen LogP contribution is -2.30. The Morgan fingerprint density at radius 3 is 2.00 bits per heavy atom. The van der Waals surface area contributed by atoms with Crippen LogP contribution in [0.2, 0.25) is 0 Å². The molecule has 0 fully saturated rings. The summed E-state index contributed by atoms with van der Waals surface area (Å²) in [5.74, 6) is 1.44. The predicted molar refractivity (Wildman–Crippen MR) is 84.2 cm³/mol. The van der Waals surface area contributed by atoms with Gasteiger partial charge in [0, 0.05) is 19.8 Å². The molecule has 0 aromatic carbocycles. The van der Waals surface area contributed by atoms with E-state index in [9.17, 15) is 0 Å². The van der Waals surface area contributed by atoms with Crippen molar-refractivity contribution in [2.75, 3.05) is 46.7 Å². The maximum Gasteiger partial charge on any atom is 0.0701 e. The number of hydrogen-bond acceptors (Lipinski definition) is 4. The molecular formula is C16H35NO3. The Morgan fingerprint density at radius 2 is 1.45 bits per heavy atom. The normalized spacial score (nSPS) is 13.3. The molecule has 0 aromatic heterocycles. The summed E-state index contributed by atoms with van der Waals surface area (Å²) in [5, 5.41) is 3.53. The Hall–Kier alpha value is -0.160. The Kier molecular flexibility index (Phi) is 13.7. The van der Waals surface area contributed by atoms with Crippen molar-refractivity contribution in [3.8, 4) is 0 Å². The summed E-state index contributed by atoms with van der Waals surface area (Å²) < 4.78 is 15.9. The molecule has 0 saturated carbocycles. The molecule has 0 bridgehead atoms. The van der Waals surface area contributed by atoms with Crippen LogP contribution in [0.25, 0.3) is 0 Å². The van der Waals surface area contributed by atoms with Gasteiger partial charge in [-0.05, 0) is 31.2 Å². The zero-order valence-electron chi connectivity index (χ0n) is 14.1. The van der Waals surface area contributed by atoms with Crippen molar-refractivity contribution in [2.45, 2.75) is 46.6 Å². The zero-order chi connectivity index (χ0) is 15.2. The fourth-order valence-electron chi connectivity index (χ4n) is 2.09. The van der Waals surface area contributed by atoms with Gasteiger partial charge in [0.05, 0.1) is 26.4 Å². The summed E-state index contributed by atoms with van der Waals surface area (Å²) in [6.45, 7) is 13.5. The Morgan fingerprint density at radius 1 is 0.850 bits per heavy atom. The van der Waals surface area contributed by atoms with Crippen LogP contribution in [0.4, 0.5) is 0 Å². The molecular weight excluding hydrogens is 254 g/mol. The molecule has 1 N–H and O–H groups in total. The van der Waals surface area contributed by atoms with Gasteiger partial charge in [-0.25, -0.2) is 0 Å². The van der Waals surface area contributed by atoms with Crippen LogP contribution in [0.3, 0.4) is 0 Å². The molecule has 0 aliphatic carbocycles. The van der Waals surface area contributed by atoms with E-state index in [0.717, 1.165) is 25.5 Å². The molecule has 0 aliphatic rings.